The Hall–Kier alpha value is 0.420. The van der Waals surface area contributed by atoms with Gasteiger partial charge in [0.1, 0.15) is 6.10 Å². The van der Waals surface area contributed by atoms with Gasteiger partial charge in [0.25, 0.3) is 0 Å². The summed E-state index contributed by atoms with van der Waals surface area (Å²) < 4.78 is 5.73. The molecule has 3 nitrogen and oxygen atoms in total. The number of hydrogen-bond acceptors (Lipinski definition) is 5. The molecule has 0 N–H and O–H groups in total. The number of likely N-dealkylation sites (tertiary alicyclic amines) is 1. The number of halogens is 1. The maximum absolute atomic E-state index is 12.1. The molecule has 2 heterocycles. The number of carbonyl (C=O) groups excluding carboxylic acids is 1. The summed E-state index contributed by atoms with van der Waals surface area (Å²) in [4.78, 5) is 14.7. The quantitative estimate of drug-likeness (QED) is 0.284. The molecule has 1 unspecified atom stereocenters. The van der Waals surface area contributed by atoms with Gasteiger partial charge in [-0.2, -0.15) is 0 Å². The van der Waals surface area contributed by atoms with Gasteiger partial charge in [-0.15, -0.1) is 12.4 Å². The molecule has 0 aromatic rings. The second-order valence-corrected chi connectivity index (χ2v) is 10.9. The molecule has 2 saturated heterocycles. The zero-order chi connectivity index (χ0) is 17.3. The van der Waals surface area contributed by atoms with Gasteiger partial charge >= 0.3 is 5.97 Å². The number of rotatable bonds is 8. The number of hydrogen-bond donors (Lipinski definition) is 0. The van der Waals surface area contributed by atoms with Gasteiger partial charge < -0.3 is 9.64 Å². The summed E-state index contributed by atoms with van der Waals surface area (Å²) in [5.41, 5.74) is 0. The Kier molecular flexibility index (Phi) is 11.2. The predicted molar refractivity (Wildman–Crippen MR) is 116 cm³/mol. The van der Waals surface area contributed by atoms with Gasteiger partial charge in [0.15, 0.2) is 0 Å². The molecule has 0 amide bonds. The third kappa shape index (κ3) is 8.20. The van der Waals surface area contributed by atoms with Crippen molar-refractivity contribution in [2.45, 2.75) is 88.4 Å². The minimum absolute atomic E-state index is 0. The Morgan fingerprint density at radius 2 is 1.77 bits per heavy atom. The van der Waals surface area contributed by atoms with Gasteiger partial charge in [0, 0.05) is 37.1 Å². The van der Waals surface area contributed by atoms with Gasteiger partial charge in [0.2, 0.25) is 0 Å². The Morgan fingerprint density at radius 1 is 1.00 bits per heavy atom. The molecule has 26 heavy (non-hydrogen) atoms. The van der Waals surface area contributed by atoms with Gasteiger partial charge in [-0.25, -0.2) is 0 Å². The topological polar surface area (TPSA) is 29.5 Å². The molecule has 3 rings (SSSR count). The maximum Gasteiger partial charge on any atom is 0.306 e. The molecule has 2 aliphatic heterocycles. The molecule has 3 aliphatic rings. The lowest BCUT2D eigenvalue weighted by molar-refractivity contribution is -0.151. The lowest BCUT2D eigenvalue weighted by atomic mass is 9.88. The van der Waals surface area contributed by atoms with Crippen LogP contribution in [0, 0.1) is 5.92 Å². The fraction of sp³-hybridized carbons (Fsp3) is 0.950. The van der Waals surface area contributed by atoms with E-state index >= 15 is 0 Å². The lowest BCUT2D eigenvalue weighted by Crippen LogP contribution is -2.40. The van der Waals surface area contributed by atoms with Crippen molar-refractivity contribution in [2.75, 3.05) is 25.4 Å². The lowest BCUT2D eigenvalue weighted by Gasteiger charge is -2.35. The Morgan fingerprint density at radius 3 is 2.46 bits per heavy atom. The van der Waals surface area contributed by atoms with Gasteiger partial charge in [0.05, 0.1) is 0 Å². The number of esters is 1. The van der Waals surface area contributed by atoms with E-state index in [1.54, 1.807) is 0 Å². The summed E-state index contributed by atoms with van der Waals surface area (Å²) in [5, 5.41) is 0.828. The Bertz CT molecular complexity index is 393. The monoisotopic (exact) mass is 421 g/mol. The van der Waals surface area contributed by atoms with Crippen molar-refractivity contribution in [1.82, 2.24) is 4.90 Å². The van der Waals surface area contributed by atoms with Crippen LogP contribution in [0.5, 0.6) is 0 Å². The first-order valence-electron chi connectivity index (χ1n) is 10.5. The summed E-state index contributed by atoms with van der Waals surface area (Å²) in [7, 11) is 4.04. The van der Waals surface area contributed by atoms with Crippen molar-refractivity contribution >= 4 is 40.0 Å². The summed E-state index contributed by atoms with van der Waals surface area (Å²) >= 11 is 0. The molecule has 152 valence electrons. The highest BCUT2D eigenvalue weighted by atomic mass is 35.5. The van der Waals surface area contributed by atoms with Crippen molar-refractivity contribution < 1.29 is 9.53 Å². The van der Waals surface area contributed by atoms with Gasteiger partial charge in [-0.1, -0.05) is 47.3 Å². The number of nitrogens with zero attached hydrogens (tertiary/aromatic N) is 1. The molecular weight excluding hydrogens is 386 g/mol. The average molecular weight is 422 g/mol. The van der Waals surface area contributed by atoms with Crippen molar-refractivity contribution in [3.05, 3.63) is 0 Å². The maximum atomic E-state index is 12.1. The van der Waals surface area contributed by atoms with E-state index in [4.69, 9.17) is 4.74 Å². The van der Waals surface area contributed by atoms with E-state index in [0.29, 0.717) is 6.42 Å². The van der Waals surface area contributed by atoms with Crippen molar-refractivity contribution in [2.24, 2.45) is 5.92 Å². The van der Waals surface area contributed by atoms with Crippen LogP contribution in [0.2, 0.25) is 0 Å². The van der Waals surface area contributed by atoms with Crippen LogP contribution in [-0.2, 0) is 9.53 Å². The molecule has 0 spiro atoms. The molecule has 0 aromatic heterocycles. The first-order chi connectivity index (χ1) is 12.3. The standard InChI is InChI=1S/C20H35NO2S2.ClH/c22-20(9-5-4-8-19-12-15-24-25-19)23-18-10-13-21(14-11-18)16-17-6-2-1-3-7-17;/h17-19H,1-16H2;1H. The molecule has 0 aromatic carbocycles. The second kappa shape index (κ2) is 12.8. The highest BCUT2D eigenvalue weighted by Crippen LogP contribution is 2.39. The van der Waals surface area contributed by atoms with Crippen molar-refractivity contribution in [3.63, 3.8) is 0 Å². The van der Waals surface area contributed by atoms with Crippen LogP contribution in [0.15, 0.2) is 0 Å². The summed E-state index contributed by atoms with van der Waals surface area (Å²) in [6.45, 7) is 3.51. The zero-order valence-electron chi connectivity index (χ0n) is 16.0. The predicted octanol–water partition coefficient (Wildman–Crippen LogP) is 5.71. The van der Waals surface area contributed by atoms with Gasteiger partial charge in [-0.3, -0.25) is 4.79 Å². The zero-order valence-corrected chi connectivity index (χ0v) is 18.5. The van der Waals surface area contributed by atoms with E-state index in [0.717, 1.165) is 43.5 Å². The van der Waals surface area contributed by atoms with E-state index < -0.39 is 0 Å². The van der Waals surface area contributed by atoms with Crippen LogP contribution in [0.25, 0.3) is 0 Å². The van der Waals surface area contributed by atoms with Crippen LogP contribution in [0.4, 0.5) is 0 Å². The van der Waals surface area contributed by atoms with Crippen LogP contribution in [-0.4, -0.2) is 47.6 Å². The first kappa shape index (κ1) is 22.7. The van der Waals surface area contributed by atoms with Crippen LogP contribution in [0.3, 0.4) is 0 Å². The van der Waals surface area contributed by atoms with Gasteiger partial charge in [-0.05, 0) is 50.9 Å². The van der Waals surface area contributed by atoms with E-state index in [2.05, 4.69) is 4.90 Å². The number of ether oxygens (including phenoxy) is 1. The SMILES string of the molecule is Cl.O=C(CCCCC1CCSS1)OC1CCN(CC2CCCCC2)CC1. The van der Waals surface area contributed by atoms with Crippen LogP contribution >= 0.6 is 34.0 Å². The van der Waals surface area contributed by atoms with E-state index in [1.807, 2.05) is 21.6 Å². The Labute approximate surface area is 173 Å². The normalized spacial score (nSPS) is 25.8. The summed E-state index contributed by atoms with van der Waals surface area (Å²) in [6, 6.07) is 0. The molecule has 1 atom stereocenters. The van der Waals surface area contributed by atoms with E-state index in [-0.39, 0.29) is 24.5 Å². The largest absolute Gasteiger partial charge is 0.462 e. The average Bonchev–Trinajstić information content (AvgIpc) is 3.15. The number of piperidine rings is 1. The summed E-state index contributed by atoms with van der Waals surface area (Å²) in [5.74, 6) is 2.26. The van der Waals surface area contributed by atoms with Crippen LogP contribution in [0.1, 0.15) is 77.0 Å². The number of unbranched alkanes of at least 4 members (excludes halogenated alkanes) is 1. The molecule has 0 radical (unpaired) electrons. The fourth-order valence-corrected chi connectivity index (χ4v) is 7.42. The molecule has 0 bridgehead atoms. The van der Waals surface area contributed by atoms with E-state index in [9.17, 15) is 4.79 Å². The third-order valence-electron chi connectivity index (χ3n) is 5.96. The second-order valence-electron chi connectivity index (χ2n) is 8.07. The molecule has 1 saturated carbocycles. The molecule has 3 fully saturated rings. The van der Waals surface area contributed by atoms with E-state index in [1.165, 1.54) is 63.7 Å². The first-order valence-corrected chi connectivity index (χ1v) is 12.9. The number of carbonyl (C=O) groups is 1. The van der Waals surface area contributed by atoms with Crippen molar-refractivity contribution in [3.8, 4) is 0 Å². The summed E-state index contributed by atoms with van der Waals surface area (Å²) in [6.07, 6.45) is 14.8. The molecule has 6 heteroatoms. The minimum atomic E-state index is 0. The van der Waals surface area contributed by atoms with Crippen molar-refractivity contribution in [1.29, 1.82) is 0 Å². The molecule has 1 aliphatic carbocycles. The molecular formula is C20H36ClNO2S2. The fourth-order valence-electron chi connectivity index (χ4n) is 4.40. The third-order valence-corrected chi connectivity index (χ3v) is 8.96. The highest BCUT2D eigenvalue weighted by molar-refractivity contribution is 8.77. The van der Waals surface area contributed by atoms with Crippen LogP contribution < -0.4 is 0 Å². The minimum Gasteiger partial charge on any atom is -0.462 e. The Balaban J connectivity index is 0.00000243. The smallest absolute Gasteiger partial charge is 0.306 e. The highest BCUT2D eigenvalue weighted by Gasteiger charge is 2.24.